The Morgan fingerprint density at radius 1 is 1.12 bits per heavy atom. The molecule has 0 aliphatic carbocycles. The first-order valence-corrected chi connectivity index (χ1v) is 5.39. The van der Waals surface area contributed by atoms with Crippen molar-refractivity contribution in [2.75, 3.05) is 0 Å². The number of rotatable bonds is 4. The van der Waals surface area contributed by atoms with E-state index < -0.39 is 18.4 Å². The summed E-state index contributed by atoms with van der Waals surface area (Å²) in [5, 5.41) is 27.6. The molecule has 0 bridgehead atoms. The lowest BCUT2D eigenvalue weighted by Gasteiger charge is -2.07. The highest BCUT2D eigenvalue weighted by molar-refractivity contribution is 14.1. The van der Waals surface area contributed by atoms with E-state index in [1.165, 1.54) is 23.0 Å². The minimum atomic E-state index is -1.13. The van der Waals surface area contributed by atoms with Crippen LogP contribution in [0.1, 0.15) is 11.1 Å². The summed E-state index contributed by atoms with van der Waals surface area (Å²) in [6.07, 6.45) is -0.605. The number of phenolic OH excluding ortho intramolecular Hbond substituents is 2. The molecule has 0 unspecified atom stereocenters. The topological polar surface area (TPSA) is 104 Å². The highest BCUT2D eigenvalue weighted by Gasteiger charge is 2.14. The van der Waals surface area contributed by atoms with Crippen molar-refractivity contribution in [3.63, 3.8) is 0 Å². The van der Waals surface area contributed by atoms with Crippen LogP contribution < -0.4 is 0 Å². The molecule has 0 atom stereocenters. The maximum atomic E-state index is 11.0. The van der Waals surface area contributed by atoms with Crippen LogP contribution in [0.15, 0.2) is 12.1 Å². The summed E-state index contributed by atoms with van der Waals surface area (Å²) >= 11 is 1.41. The summed E-state index contributed by atoms with van der Waals surface area (Å²) in [6.45, 7) is 0. The van der Waals surface area contributed by atoms with Crippen LogP contribution in [0.2, 0.25) is 0 Å². The quantitative estimate of drug-likeness (QED) is 0.555. The van der Waals surface area contributed by atoms with E-state index in [0.29, 0.717) is 0 Å². The van der Waals surface area contributed by atoms with Crippen molar-refractivity contribution in [1.29, 1.82) is 0 Å². The largest absolute Gasteiger partial charge is 0.508 e. The number of carboxylic acids is 1. The number of aliphatic carboxylic acids is 1. The summed E-state index contributed by atoms with van der Waals surface area (Å²) in [6, 6.07) is 2.28. The molecule has 0 saturated carbocycles. The predicted molar refractivity (Wildman–Crippen MR) is 64.9 cm³/mol. The number of aromatic hydroxyl groups is 2. The van der Waals surface area contributed by atoms with Gasteiger partial charge in [-0.2, -0.15) is 0 Å². The number of phenols is 2. The minimum Gasteiger partial charge on any atom is -0.508 e. The van der Waals surface area contributed by atoms with Crippen LogP contribution in [0.4, 0.5) is 0 Å². The van der Waals surface area contributed by atoms with Gasteiger partial charge in [0.05, 0.1) is 12.8 Å². The van der Waals surface area contributed by atoms with E-state index in [-0.39, 0.29) is 29.0 Å². The van der Waals surface area contributed by atoms with Gasteiger partial charge in [0.2, 0.25) is 0 Å². The number of carbonyl (C=O) groups is 2. The molecule has 3 N–H and O–H groups in total. The Kier molecular flexibility index (Phi) is 4.55. The molecule has 0 spiro atoms. The fourth-order valence-electron chi connectivity index (χ4n) is 1.29. The first-order valence-electron chi connectivity index (χ1n) is 4.51. The Bertz CT molecular complexity index is 456. The molecule has 92 valence electrons. The molecule has 0 saturated heterocycles. The number of carboxylic acid groups (broad SMARTS) is 1. The second kappa shape index (κ2) is 5.71. The normalized spacial score (nSPS) is 9.94. The molecular weight excluding hydrogens is 343 g/mol. The van der Waals surface area contributed by atoms with E-state index >= 15 is 0 Å². The number of hydrogen-bond donors (Lipinski definition) is 3. The van der Waals surface area contributed by atoms with E-state index in [2.05, 4.69) is 3.07 Å². The van der Waals surface area contributed by atoms with Gasteiger partial charge in [0.25, 0.3) is 0 Å². The smallest absolute Gasteiger partial charge is 0.319 e. The van der Waals surface area contributed by atoms with Gasteiger partial charge in [-0.25, -0.2) is 0 Å². The molecule has 0 aliphatic heterocycles. The number of hydrogen-bond acceptors (Lipinski definition) is 5. The standard InChI is InChI=1S/C10H9IO6/c11-17-10(16)4-6-2-7(12)5(1-8(6)13)3-9(14)15/h1-2,12-13H,3-4H2,(H,14,15). The molecule has 0 aromatic heterocycles. The predicted octanol–water partition coefficient (Wildman–Crippen LogP) is 1.16. The van der Waals surface area contributed by atoms with E-state index in [1.54, 1.807) is 0 Å². The second-order valence-corrected chi connectivity index (χ2v) is 3.75. The van der Waals surface area contributed by atoms with Crippen LogP contribution >= 0.6 is 23.0 Å². The van der Waals surface area contributed by atoms with Crippen LogP contribution in [-0.2, 0) is 25.5 Å². The van der Waals surface area contributed by atoms with Gasteiger partial charge in [-0.1, -0.05) is 0 Å². The van der Waals surface area contributed by atoms with Crippen molar-refractivity contribution in [3.05, 3.63) is 23.3 Å². The average Bonchev–Trinajstić information content (AvgIpc) is 2.24. The summed E-state index contributed by atoms with van der Waals surface area (Å²) in [5.41, 5.74) is 0.264. The average molecular weight is 352 g/mol. The van der Waals surface area contributed by atoms with Crippen LogP contribution in [0.3, 0.4) is 0 Å². The summed E-state index contributed by atoms with van der Waals surface area (Å²) in [4.78, 5) is 21.5. The molecule has 6 nitrogen and oxygen atoms in total. The molecule has 0 heterocycles. The van der Waals surface area contributed by atoms with Crippen LogP contribution in [0.25, 0.3) is 0 Å². The molecule has 1 aromatic carbocycles. The number of halogens is 1. The van der Waals surface area contributed by atoms with Gasteiger partial charge < -0.3 is 18.4 Å². The first-order chi connectivity index (χ1) is 7.93. The summed E-state index contributed by atoms with van der Waals surface area (Å²) in [7, 11) is 0. The SMILES string of the molecule is O=C(O)Cc1cc(O)c(CC(=O)OI)cc1O. The van der Waals surface area contributed by atoms with Gasteiger partial charge in [-0.05, 0) is 12.1 Å². The van der Waals surface area contributed by atoms with Crippen molar-refractivity contribution >= 4 is 34.9 Å². The molecule has 7 heteroatoms. The van der Waals surface area contributed by atoms with E-state index in [4.69, 9.17) is 5.11 Å². The molecule has 0 radical (unpaired) electrons. The van der Waals surface area contributed by atoms with Crippen LogP contribution in [-0.4, -0.2) is 27.3 Å². The third kappa shape index (κ3) is 3.77. The van der Waals surface area contributed by atoms with E-state index in [0.717, 1.165) is 12.1 Å². The van der Waals surface area contributed by atoms with Crippen molar-refractivity contribution in [3.8, 4) is 11.5 Å². The van der Waals surface area contributed by atoms with Gasteiger partial charge in [0.1, 0.15) is 11.5 Å². The highest BCUT2D eigenvalue weighted by Crippen LogP contribution is 2.28. The number of benzene rings is 1. The third-order valence-corrected chi connectivity index (χ3v) is 2.53. The fourth-order valence-corrected chi connectivity index (χ4v) is 1.45. The van der Waals surface area contributed by atoms with Crippen molar-refractivity contribution in [2.24, 2.45) is 0 Å². The zero-order valence-electron chi connectivity index (χ0n) is 8.51. The van der Waals surface area contributed by atoms with Crippen molar-refractivity contribution in [1.82, 2.24) is 0 Å². The Labute approximate surface area is 111 Å². The second-order valence-electron chi connectivity index (χ2n) is 3.31. The minimum absolute atomic E-state index is 0.0848. The summed E-state index contributed by atoms with van der Waals surface area (Å²) < 4.78 is 4.39. The van der Waals surface area contributed by atoms with Gasteiger partial charge in [-0.3, -0.25) is 9.59 Å². The molecule has 0 aliphatic rings. The molecule has 1 rings (SSSR count). The van der Waals surface area contributed by atoms with Crippen molar-refractivity contribution in [2.45, 2.75) is 12.8 Å². The molecular formula is C10H9IO6. The molecule has 17 heavy (non-hydrogen) atoms. The van der Waals surface area contributed by atoms with Crippen LogP contribution in [0.5, 0.6) is 11.5 Å². The monoisotopic (exact) mass is 352 g/mol. The van der Waals surface area contributed by atoms with Crippen molar-refractivity contribution < 1.29 is 28.0 Å². The fraction of sp³-hybridized carbons (Fsp3) is 0.200. The zero-order valence-corrected chi connectivity index (χ0v) is 10.7. The van der Waals surface area contributed by atoms with Gasteiger partial charge in [-0.15, -0.1) is 0 Å². The Morgan fingerprint density at radius 3 is 2.00 bits per heavy atom. The zero-order chi connectivity index (χ0) is 13.0. The lowest BCUT2D eigenvalue weighted by molar-refractivity contribution is -0.136. The van der Waals surface area contributed by atoms with Gasteiger partial charge >= 0.3 is 11.9 Å². The van der Waals surface area contributed by atoms with E-state index in [9.17, 15) is 19.8 Å². The molecule has 0 fully saturated rings. The number of carbonyl (C=O) groups excluding carboxylic acids is 1. The third-order valence-electron chi connectivity index (χ3n) is 2.04. The van der Waals surface area contributed by atoms with Gasteiger partial charge in [0.15, 0.2) is 23.0 Å². The van der Waals surface area contributed by atoms with Gasteiger partial charge in [0, 0.05) is 11.1 Å². The lowest BCUT2D eigenvalue weighted by Crippen LogP contribution is -2.04. The molecule has 1 aromatic rings. The maximum Gasteiger partial charge on any atom is 0.319 e. The van der Waals surface area contributed by atoms with Crippen LogP contribution in [0, 0.1) is 0 Å². The highest BCUT2D eigenvalue weighted by atomic mass is 127. The molecule has 0 amide bonds. The Morgan fingerprint density at radius 2 is 1.59 bits per heavy atom. The Hall–Kier alpha value is -1.51. The first kappa shape index (κ1) is 13.6. The Balaban J connectivity index is 3.00. The maximum absolute atomic E-state index is 11.0. The lowest BCUT2D eigenvalue weighted by atomic mass is 10.0. The summed E-state index contributed by atoms with van der Waals surface area (Å²) in [5.74, 6) is -2.23. The van der Waals surface area contributed by atoms with E-state index in [1.807, 2.05) is 0 Å².